The smallest absolute Gasteiger partial charge is 0.120 e. The van der Waals surface area contributed by atoms with Gasteiger partial charge in [0.15, 0.2) is 0 Å². The summed E-state index contributed by atoms with van der Waals surface area (Å²) in [5.41, 5.74) is 0.364. The molecule has 2 N–H and O–H groups in total. The van der Waals surface area contributed by atoms with Crippen LogP contribution in [0.3, 0.4) is 0 Å². The summed E-state index contributed by atoms with van der Waals surface area (Å²) in [6.45, 7) is 6.26. The van der Waals surface area contributed by atoms with Gasteiger partial charge < -0.3 is 10.4 Å². The first kappa shape index (κ1) is 16.3. The van der Waals surface area contributed by atoms with Crippen LogP contribution in [0.15, 0.2) is 54.6 Å². The molecule has 0 unspecified atom stereocenters. The van der Waals surface area contributed by atoms with Crippen molar-refractivity contribution in [3.05, 3.63) is 60.2 Å². The Morgan fingerprint density at radius 1 is 1.18 bits per heavy atom. The number of rotatable bonds is 4. The van der Waals surface area contributed by atoms with E-state index in [0.717, 1.165) is 6.54 Å². The Hall–Kier alpha value is -2.08. The van der Waals surface area contributed by atoms with Gasteiger partial charge in [0.05, 0.1) is 0 Å². The van der Waals surface area contributed by atoms with Gasteiger partial charge in [0.2, 0.25) is 0 Å². The molecule has 0 aliphatic carbocycles. The molecule has 22 heavy (non-hydrogen) atoms. The van der Waals surface area contributed by atoms with Crippen LogP contribution in [0.5, 0.6) is 0 Å². The summed E-state index contributed by atoms with van der Waals surface area (Å²) >= 11 is 0. The molecule has 114 valence electrons. The molecule has 2 rings (SSSR count). The molecule has 0 bridgehead atoms. The molecule has 0 amide bonds. The third-order valence-corrected chi connectivity index (χ3v) is 3.41. The lowest BCUT2D eigenvalue weighted by Gasteiger charge is -2.15. The highest BCUT2D eigenvalue weighted by Gasteiger charge is 2.07. The van der Waals surface area contributed by atoms with Crippen LogP contribution < -0.4 is 5.32 Å². The lowest BCUT2D eigenvalue weighted by molar-refractivity contribution is 0.143. The van der Waals surface area contributed by atoms with Crippen LogP contribution in [-0.4, -0.2) is 17.3 Å². The number of nitrogens with one attached hydrogen (secondary N) is 1. The van der Waals surface area contributed by atoms with Crippen LogP contribution in [0.2, 0.25) is 0 Å². The zero-order chi connectivity index (χ0) is 16.0. The maximum Gasteiger partial charge on any atom is 0.120 e. The zero-order valence-electron chi connectivity index (χ0n) is 13.4. The summed E-state index contributed by atoms with van der Waals surface area (Å²) in [7, 11) is 0. The molecule has 0 spiro atoms. The molecule has 2 aromatic rings. The number of benzene rings is 2. The van der Waals surface area contributed by atoms with Gasteiger partial charge in [0, 0.05) is 12.6 Å². The maximum absolute atomic E-state index is 9.49. The van der Waals surface area contributed by atoms with Gasteiger partial charge in [-0.3, -0.25) is 0 Å². The summed E-state index contributed by atoms with van der Waals surface area (Å²) in [6.07, 6.45) is 3.75. The molecule has 2 nitrogen and oxygen atoms in total. The lowest BCUT2D eigenvalue weighted by Crippen LogP contribution is -2.18. The van der Waals surface area contributed by atoms with Crippen LogP contribution in [-0.2, 0) is 0 Å². The fourth-order valence-corrected chi connectivity index (χ4v) is 2.32. The minimum Gasteiger partial charge on any atom is -0.378 e. The molecule has 0 radical (unpaired) electrons. The molecule has 2 aromatic carbocycles. The fourth-order valence-electron chi connectivity index (χ4n) is 2.32. The predicted octanol–water partition coefficient (Wildman–Crippen LogP) is 3.82. The standard InChI is InChI=1S/C20H23NO/c1-16(21-15-8-4-7-14-20(2,3)22)18-13-9-11-17-10-5-6-12-19(17)18/h4-6,8-13,16,21-22H,15H2,1-3H3/t16-/m1/s1. The quantitative estimate of drug-likeness (QED) is 0.840. The highest BCUT2D eigenvalue weighted by molar-refractivity contribution is 5.86. The van der Waals surface area contributed by atoms with Crippen molar-refractivity contribution >= 4 is 10.8 Å². The van der Waals surface area contributed by atoms with E-state index in [1.54, 1.807) is 19.9 Å². The van der Waals surface area contributed by atoms with Crippen LogP contribution >= 0.6 is 0 Å². The first-order valence-corrected chi connectivity index (χ1v) is 7.58. The third kappa shape index (κ3) is 4.73. The third-order valence-electron chi connectivity index (χ3n) is 3.41. The van der Waals surface area contributed by atoms with Crippen molar-refractivity contribution in [2.45, 2.75) is 32.4 Å². The summed E-state index contributed by atoms with van der Waals surface area (Å²) < 4.78 is 0. The highest BCUT2D eigenvalue weighted by Crippen LogP contribution is 2.23. The number of fused-ring (bicyclic) bond motifs is 1. The molecule has 0 aliphatic rings. The van der Waals surface area contributed by atoms with Gasteiger partial charge in [-0.25, -0.2) is 0 Å². The molecular formula is C20H23NO. The van der Waals surface area contributed by atoms with E-state index in [4.69, 9.17) is 0 Å². The van der Waals surface area contributed by atoms with E-state index < -0.39 is 5.60 Å². The molecular weight excluding hydrogens is 270 g/mol. The zero-order valence-corrected chi connectivity index (χ0v) is 13.4. The van der Waals surface area contributed by atoms with Gasteiger partial charge in [-0.2, -0.15) is 0 Å². The molecule has 2 heteroatoms. The molecule has 0 saturated heterocycles. The number of hydrogen-bond acceptors (Lipinski definition) is 2. The summed E-state index contributed by atoms with van der Waals surface area (Å²) in [5.74, 6) is 5.60. The molecule has 0 heterocycles. The van der Waals surface area contributed by atoms with Crippen molar-refractivity contribution < 1.29 is 5.11 Å². The van der Waals surface area contributed by atoms with Gasteiger partial charge >= 0.3 is 0 Å². The summed E-state index contributed by atoms with van der Waals surface area (Å²) in [4.78, 5) is 0. The summed E-state index contributed by atoms with van der Waals surface area (Å²) in [5, 5.41) is 15.5. The topological polar surface area (TPSA) is 32.3 Å². The first-order chi connectivity index (χ1) is 10.5. The normalized spacial score (nSPS) is 13.1. The van der Waals surface area contributed by atoms with Crippen molar-refractivity contribution in [2.75, 3.05) is 6.54 Å². The predicted molar refractivity (Wildman–Crippen MR) is 93.6 cm³/mol. The first-order valence-electron chi connectivity index (χ1n) is 7.58. The Balaban J connectivity index is 1.98. The summed E-state index contributed by atoms with van der Waals surface area (Å²) in [6, 6.07) is 15.1. The van der Waals surface area contributed by atoms with Gasteiger partial charge in [-0.15, -0.1) is 0 Å². The van der Waals surface area contributed by atoms with Gasteiger partial charge in [-0.1, -0.05) is 60.4 Å². The molecule has 0 saturated carbocycles. The van der Waals surface area contributed by atoms with Gasteiger partial charge in [-0.05, 0) is 43.2 Å². The van der Waals surface area contributed by atoms with Gasteiger partial charge in [0.1, 0.15) is 5.60 Å². The van der Waals surface area contributed by atoms with Crippen molar-refractivity contribution in [3.8, 4) is 11.8 Å². The highest BCUT2D eigenvalue weighted by atomic mass is 16.3. The van der Waals surface area contributed by atoms with E-state index in [2.05, 4.69) is 66.5 Å². The second-order valence-corrected chi connectivity index (χ2v) is 5.93. The molecule has 0 aromatic heterocycles. The van der Waals surface area contributed by atoms with Crippen LogP contribution in [0, 0.1) is 11.8 Å². The minimum absolute atomic E-state index is 0.262. The Morgan fingerprint density at radius 3 is 2.68 bits per heavy atom. The Bertz CT molecular complexity index is 708. The van der Waals surface area contributed by atoms with Crippen molar-refractivity contribution in [2.24, 2.45) is 0 Å². The number of allylic oxidation sites excluding steroid dienone is 1. The van der Waals surface area contributed by atoms with Crippen molar-refractivity contribution in [1.82, 2.24) is 5.32 Å². The Morgan fingerprint density at radius 2 is 1.91 bits per heavy atom. The van der Waals surface area contributed by atoms with E-state index in [-0.39, 0.29) is 6.04 Å². The van der Waals surface area contributed by atoms with Crippen LogP contribution in [0.1, 0.15) is 32.4 Å². The number of hydrogen-bond donors (Lipinski definition) is 2. The average Bonchev–Trinajstić information content (AvgIpc) is 2.49. The van der Waals surface area contributed by atoms with Crippen molar-refractivity contribution in [3.63, 3.8) is 0 Å². The van der Waals surface area contributed by atoms with Crippen LogP contribution in [0.4, 0.5) is 0 Å². The van der Waals surface area contributed by atoms with Gasteiger partial charge in [0.25, 0.3) is 0 Å². The van der Waals surface area contributed by atoms with Crippen molar-refractivity contribution in [1.29, 1.82) is 0 Å². The average molecular weight is 293 g/mol. The monoisotopic (exact) mass is 293 g/mol. The second kappa shape index (κ2) is 7.26. The Kier molecular flexibility index (Phi) is 5.38. The van der Waals surface area contributed by atoms with E-state index in [0.29, 0.717) is 0 Å². The molecule has 0 aliphatic heterocycles. The number of aliphatic hydroxyl groups is 1. The SMILES string of the molecule is C[C@@H](NCC=CC#CC(C)(C)O)c1cccc2ccccc12. The van der Waals surface area contributed by atoms with Crippen LogP contribution in [0.25, 0.3) is 10.8 Å². The largest absolute Gasteiger partial charge is 0.378 e. The van der Waals surface area contributed by atoms with E-state index in [9.17, 15) is 5.11 Å². The minimum atomic E-state index is -0.936. The maximum atomic E-state index is 9.49. The lowest BCUT2D eigenvalue weighted by atomic mass is 10.00. The second-order valence-electron chi connectivity index (χ2n) is 5.93. The van der Waals surface area contributed by atoms with E-state index in [1.165, 1.54) is 16.3 Å². The van der Waals surface area contributed by atoms with E-state index in [1.807, 2.05) is 6.08 Å². The Labute approximate surface area is 132 Å². The molecule has 1 atom stereocenters. The fraction of sp³-hybridized carbons (Fsp3) is 0.300. The molecule has 0 fully saturated rings. The van der Waals surface area contributed by atoms with E-state index >= 15 is 0 Å².